The van der Waals surface area contributed by atoms with Crippen molar-refractivity contribution < 1.29 is 5.11 Å². The Bertz CT molecular complexity index is 396. The standard InChI is InChI=1S/C17H28N2O/c1-3-10-18-17(2,14-20)9-6-11-19-12-15-7-4-5-8-16(15)13-19/h4-5,7-8,18,20H,3,6,9-14H2,1-2H3. The first-order valence-corrected chi connectivity index (χ1v) is 7.82. The van der Waals surface area contributed by atoms with Crippen LogP contribution in [-0.4, -0.2) is 35.2 Å². The summed E-state index contributed by atoms with van der Waals surface area (Å²) in [7, 11) is 0. The Kier molecular flexibility index (Phi) is 5.58. The van der Waals surface area contributed by atoms with E-state index in [9.17, 15) is 5.11 Å². The third kappa shape index (κ3) is 4.05. The molecule has 0 radical (unpaired) electrons. The Balaban J connectivity index is 1.74. The van der Waals surface area contributed by atoms with Crippen LogP contribution < -0.4 is 5.32 Å². The molecule has 0 spiro atoms. The molecule has 0 bridgehead atoms. The number of nitrogens with one attached hydrogen (secondary N) is 1. The maximum atomic E-state index is 9.57. The van der Waals surface area contributed by atoms with Gasteiger partial charge in [0, 0.05) is 18.6 Å². The van der Waals surface area contributed by atoms with Crippen molar-refractivity contribution in [1.29, 1.82) is 0 Å². The molecular formula is C17H28N2O. The van der Waals surface area contributed by atoms with Gasteiger partial charge in [-0.3, -0.25) is 4.90 Å². The number of aliphatic hydroxyl groups is 1. The van der Waals surface area contributed by atoms with Crippen molar-refractivity contribution >= 4 is 0 Å². The lowest BCUT2D eigenvalue weighted by molar-refractivity contribution is 0.156. The van der Waals surface area contributed by atoms with Crippen molar-refractivity contribution in [3.63, 3.8) is 0 Å². The highest BCUT2D eigenvalue weighted by Crippen LogP contribution is 2.23. The Morgan fingerprint density at radius 1 is 1.25 bits per heavy atom. The molecule has 0 saturated carbocycles. The summed E-state index contributed by atoms with van der Waals surface area (Å²) in [5.74, 6) is 0. The molecule has 20 heavy (non-hydrogen) atoms. The van der Waals surface area contributed by atoms with Crippen LogP contribution in [0.15, 0.2) is 24.3 Å². The molecule has 0 saturated heterocycles. The van der Waals surface area contributed by atoms with Gasteiger partial charge in [0.2, 0.25) is 0 Å². The van der Waals surface area contributed by atoms with Crippen molar-refractivity contribution in [1.82, 2.24) is 10.2 Å². The Morgan fingerprint density at radius 3 is 2.45 bits per heavy atom. The van der Waals surface area contributed by atoms with E-state index in [1.54, 1.807) is 0 Å². The van der Waals surface area contributed by atoms with Gasteiger partial charge in [-0.2, -0.15) is 0 Å². The predicted molar refractivity (Wildman–Crippen MR) is 83.6 cm³/mol. The van der Waals surface area contributed by atoms with Crippen molar-refractivity contribution in [2.75, 3.05) is 19.7 Å². The van der Waals surface area contributed by atoms with Gasteiger partial charge in [-0.25, -0.2) is 0 Å². The quantitative estimate of drug-likeness (QED) is 0.766. The average Bonchev–Trinajstić information content (AvgIpc) is 2.87. The fourth-order valence-electron chi connectivity index (χ4n) is 2.90. The van der Waals surface area contributed by atoms with E-state index in [0.717, 1.165) is 45.4 Å². The number of benzene rings is 1. The third-order valence-electron chi connectivity index (χ3n) is 4.26. The summed E-state index contributed by atoms with van der Waals surface area (Å²) >= 11 is 0. The molecule has 3 heteroatoms. The number of aliphatic hydroxyl groups excluding tert-OH is 1. The van der Waals surface area contributed by atoms with Gasteiger partial charge in [0.15, 0.2) is 0 Å². The first-order valence-electron chi connectivity index (χ1n) is 7.82. The number of fused-ring (bicyclic) bond motifs is 1. The highest BCUT2D eigenvalue weighted by atomic mass is 16.3. The summed E-state index contributed by atoms with van der Waals surface area (Å²) < 4.78 is 0. The molecular weight excluding hydrogens is 248 g/mol. The lowest BCUT2D eigenvalue weighted by atomic mass is 9.96. The van der Waals surface area contributed by atoms with E-state index in [1.807, 2.05) is 0 Å². The topological polar surface area (TPSA) is 35.5 Å². The fourth-order valence-corrected chi connectivity index (χ4v) is 2.90. The Labute approximate surface area is 123 Å². The SMILES string of the molecule is CCCNC(C)(CO)CCCN1Cc2ccccc2C1. The minimum atomic E-state index is -0.122. The van der Waals surface area contributed by atoms with Crippen LogP contribution in [0.1, 0.15) is 44.2 Å². The summed E-state index contributed by atoms with van der Waals surface area (Å²) in [6.45, 7) is 8.74. The minimum absolute atomic E-state index is 0.122. The predicted octanol–water partition coefficient (Wildman–Crippen LogP) is 2.53. The van der Waals surface area contributed by atoms with Gasteiger partial charge in [0.05, 0.1) is 6.61 Å². The summed E-state index contributed by atoms with van der Waals surface area (Å²) in [6.07, 6.45) is 3.26. The molecule has 1 heterocycles. The molecule has 1 aromatic carbocycles. The van der Waals surface area contributed by atoms with Gasteiger partial charge in [0.1, 0.15) is 0 Å². The molecule has 1 atom stereocenters. The van der Waals surface area contributed by atoms with Gasteiger partial charge in [-0.15, -0.1) is 0 Å². The molecule has 0 aromatic heterocycles. The van der Waals surface area contributed by atoms with Crippen LogP contribution in [0.2, 0.25) is 0 Å². The first kappa shape index (κ1) is 15.5. The summed E-state index contributed by atoms with van der Waals surface area (Å²) in [5.41, 5.74) is 2.82. The largest absolute Gasteiger partial charge is 0.394 e. The smallest absolute Gasteiger partial charge is 0.0610 e. The van der Waals surface area contributed by atoms with Crippen molar-refractivity contribution in [2.45, 2.75) is 51.7 Å². The molecule has 1 aliphatic rings. The minimum Gasteiger partial charge on any atom is -0.394 e. The summed E-state index contributed by atoms with van der Waals surface area (Å²) in [5, 5.41) is 13.0. The molecule has 112 valence electrons. The van der Waals surface area contributed by atoms with Crippen LogP contribution in [0.4, 0.5) is 0 Å². The molecule has 0 amide bonds. The molecule has 1 aliphatic heterocycles. The van der Waals surface area contributed by atoms with Crippen LogP contribution in [-0.2, 0) is 13.1 Å². The number of nitrogens with zero attached hydrogens (tertiary/aromatic N) is 1. The maximum absolute atomic E-state index is 9.57. The van der Waals surface area contributed by atoms with Crippen molar-refractivity contribution in [3.8, 4) is 0 Å². The van der Waals surface area contributed by atoms with E-state index < -0.39 is 0 Å². The van der Waals surface area contributed by atoms with Crippen molar-refractivity contribution in [2.24, 2.45) is 0 Å². The average molecular weight is 276 g/mol. The van der Waals surface area contributed by atoms with Gasteiger partial charge in [-0.1, -0.05) is 31.2 Å². The van der Waals surface area contributed by atoms with E-state index >= 15 is 0 Å². The summed E-state index contributed by atoms with van der Waals surface area (Å²) in [6, 6.07) is 8.71. The number of rotatable bonds is 8. The molecule has 1 unspecified atom stereocenters. The van der Waals surface area contributed by atoms with Crippen LogP contribution in [0, 0.1) is 0 Å². The van der Waals surface area contributed by atoms with E-state index in [0.29, 0.717) is 0 Å². The lowest BCUT2D eigenvalue weighted by Gasteiger charge is -2.29. The van der Waals surface area contributed by atoms with Crippen LogP contribution in [0.5, 0.6) is 0 Å². The third-order valence-corrected chi connectivity index (χ3v) is 4.26. The Morgan fingerprint density at radius 2 is 1.90 bits per heavy atom. The monoisotopic (exact) mass is 276 g/mol. The zero-order valence-corrected chi connectivity index (χ0v) is 12.9. The first-order chi connectivity index (χ1) is 9.67. The summed E-state index contributed by atoms with van der Waals surface area (Å²) in [4.78, 5) is 2.50. The highest BCUT2D eigenvalue weighted by Gasteiger charge is 2.23. The number of hydrogen-bond donors (Lipinski definition) is 2. The van der Waals surface area contributed by atoms with Gasteiger partial charge in [-0.05, 0) is 50.4 Å². The number of hydrogen-bond acceptors (Lipinski definition) is 3. The molecule has 2 rings (SSSR count). The lowest BCUT2D eigenvalue weighted by Crippen LogP contribution is -2.46. The molecule has 3 nitrogen and oxygen atoms in total. The Hall–Kier alpha value is -0.900. The highest BCUT2D eigenvalue weighted by molar-refractivity contribution is 5.30. The molecule has 2 N–H and O–H groups in total. The molecule has 0 aliphatic carbocycles. The van der Waals surface area contributed by atoms with Gasteiger partial charge < -0.3 is 10.4 Å². The molecule has 1 aromatic rings. The van der Waals surface area contributed by atoms with Crippen LogP contribution in [0.3, 0.4) is 0 Å². The van der Waals surface area contributed by atoms with E-state index in [4.69, 9.17) is 0 Å². The van der Waals surface area contributed by atoms with Crippen LogP contribution >= 0.6 is 0 Å². The second-order valence-corrected chi connectivity index (χ2v) is 6.23. The van der Waals surface area contributed by atoms with Crippen molar-refractivity contribution in [3.05, 3.63) is 35.4 Å². The fraction of sp³-hybridized carbons (Fsp3) is 0.647. The van der Waals surface area contributed by atoms with Crippen LogP contribution in [0.25, 0.3) is 0 Å². The molecule has 0 fully saturated rings. The normalized spacial score (nSPS) is 17.9. The van der Waals surface area contributed by atoms with Gasteiger partial charge in [0.25, 0.3) is 0 Å². The zero-order valence-electron chi connectivity index (χ0n) is 12.9. The second-order valence-electron chi connectivity index (χ2n) is 6.23. The maximum Gasteiger partial charge on any atom is 0.0610 e. The van der Waals surface area contributed by atoms with Gasteiger partial charge >= 0.3 is 0 Å². The van der Waals surface area contributed by atoms with E-state index in [1.165, 1.54) is 11.1 Å². The zero-order chi connectivity index (χ0) is 14.4. The second kappa shape index (κ2) is 7.21. The van der Waals surface area contributed by atoms with E-state index in [-0.39, 0.29) is 12.1 Å². The van der Waals surface area contributed by atoms with E-state index in [2.05, 4.69) is 48.3 Å².